The first-order chi connectivity index (χ1) is 13.0. The van der Waals surface area contributed by atoms with Crippen molar-refractivity contribution in [3.63, 3.8) is 0 Å². The number of nitriles is 1. The number of nitrogens with zero attached hydrogens (tertiary/aromatic N) is 3. The number of fused-ring (bicyclic) bond motifs is 1. The van der Waals surface area contributed by atoms with Gasteiger partial charge in [0.25, 0.3) is 5.69 Å². The molecule has 1 N–H and O–H groups in total. The van der Waals surface area contributed by atoms with E-state index in [-0.39, 0.29) is 11.7 Å². The van der Waals surface area contributed by atoms with Gasteiger partial charge < -0.3 is 10.1 Å². The third-order valence-corrected chi connectivity index (χ3v) is 5.00. The molecule has 8 heteroatoms. The zero-order valence-electron chi connectivity index (χ0n) is 15.0. The third-order valence-electron chi connectivity index (χ3n) is 5.00. The van der Waals surface area contributed by atoms with Gasteiger partial charge in [-0.2, -0.15) is 5.26 Å². The number of ether oxygens (including phenoxy) is 1. The van der Waals surface area contributed by atoms with Crippen molar-refractivity contribution in [1.29, 1.82) is 5.26 Å². The van der Waals surface area contributed by atoms with Crippen LogP contribution < -0.4 is 5.32 Å². The average molecular weight is 368 g/mol. The van der Waals surface area contributed by atoms with Gasteiger partial charge >= 0.3 is 5.97 Å². The summed E-state index contributed by atoms with van der Waals surface area (Å²) in [4.78, 5) is 27.3. The maximum atomic E-state index is 12.4. The molecule has 0 saturated heterocycles. The van der Waals surface area contributed by atoms with Crippen molar-refractivity contribution in [1.82, 2.24) is 4.98 Å². The van der Waals surface area contributed by atoms with Crippen molar-refractivity contribution < 1.29 is 14.5 Å². The van der Waals surface area contributed by atoms with Crippen molar-refractivity contribution >= 4 is 28.4 Å². The topological polar surface area (TPSA) is 118 Å². The smallest absolute Gasteiger partial charge is 0.313 e. The van der Waals surface area contributed by atoms with Crippen molar-refractivity contribution in [2.45, 2.75) is 32.6 Å². The minimum Gasteiger partial charge on any atom is -0.466 e. The Labute approximate surface area is 156 Å². The first-order valence-electron chi connectivity index (χ1n) is 8.89. The second-order valence-electron chi connectivity index (χ2n) is 6.69. The average Bonchev–Trinajstić information content (AvgIpc) is 3.15. The Hall–Kier alpha value is -3.21. The number of carbonyl (C=O) groups excluding carboxylic acids is 1. The molecular weight excluding hydrogens is 348 g/mol. The van der Waals surface area contributed by atoms with Gasteiger partial charge in [-0.3, -0.25) is 14.9 Å². The highest BCUT2D eigenvalue weighted by Gasteiger charge is 2.42. The number of hydrogen-bond acceptors (Lipinski definition) is 7. The van der Waals surface area contributed by atoms with Gasteiger partial charge in [0.15, 0.2) is 0 Å². The van der Waals surface area contributed by atoms with Gasteiger partial charge in [0, 0.05) is 24.1 Å². The van der Waals surface area contributed by atoms with Crippen LogP contribution >= 0.6 is 0 Å². The van der Waals surface area contributed by atoms with E-state index in [1.54, 1.807) is 13.0 Å². The number of aromatic nitrogens is 1. The van der Waals surface area contributed by atoms with Crippen LogP contribution in [0, 0.1) is 26.9 Å². The summed E-state index contributed by atoms with van der Waals surface area (Å²) in [5.74, 6) is 0.260. The monoisotopic (exact) mass is 368 g/mol. The molecule has 0 unspecified atom stereocenters. The molecule has 0 bridgehead atoms. The highest BCUT2D eigenvalue weighted by molar-refractivity contribution is 5.88. The van der Waals surface area contributed by atoms with Crippen LogP contribution in [0.5, 0.6) is 0 Å². The van der Waals surface area contributed by atoms with E-state index < -0.39 is 10.3 Å². The van der Waals surface area contributed by atoms with E-state index in [0.29, 0.717) is 35.4 Å². The lowest BCUT2D eigenvalue weighted by atomic mass is 9.86. The van der Waals surface area contributed by atoms with Gasteiger partial charge in [0.2, 0.25) is 0 Å². The maximum absolute atomic E-state index is 12.4. The Balaban J connectivity index is 1.89. The number of rotatable bonds is 6. The predicted molar refractivity (Wildman–Crippen MR) is 99.1 cm³/mol. The van der Waals surface area contributed by atoms with Crippen molar-refractivity contribution in [2.24, 2.45) is 5.41 Å². The van der Waals surface area contributed by atoms with Crippen molar-refractivity contribution in [3.8, 4) is 6.07 Å². The number of carbonyl (C=O) groups is 1. The van der Waals surface area contributed by atoms with Crippen LogP contribution in [-0.2, 0) is 9.53 Å². The number of pyridine rings is 1. The molecule has 0 radical (unpaired) electrons. The summed E-state index contributed by atoms with van der Waals surface area (Å²) in [7, 11) is 0. The van der Waals surface area contributed by atoms with Crippen LogP contribution in [0.4, 0.5) is 11.5 Å². The zero-order valence-corrected chi connectivity index (χ0v) is 15.0. The van der Waals surface area contributed by atoms with Gasteiger partial charge in [-0.15, -0.1) is 0 Å². The summed E-state index contributed by atoms with van der Waals surface area (Å²) in [5, 5.41) is 24.0. The quantitative estimate of drug-likeness (QED) is 0.470. The Morgan fingerprint density at radius 2 is 2.15 bits per heavy atom. The Morgan fingerprint density at radius 3 is 2.78 bits per heavy atom. The van der Waals surface area contributed by atoms with E-state index in [1.807, 2.05) is 0 Å². The van der Waals surface area contributed by atoms with Crippen molar-refractivity contribution in [3.05, 3.63) is 39.9 Å². The molecule has 27 heavy (non-hydrogen) atoms. The molecule has 1 heterocycles. The second kappa shape index (κ2) is 7.58. The fraction of sp³-hybridized carbons (Fsp3) is 0.421. The lowest BCUT2D eigenvalue weighted by Crippen LogP contribution is -2.37. The number of nitrogens with one attached hydrogen (secondary N) is 1. The summed E-state index contributed by atoms with van der Waals surface area (Å²) in [6.07, 6.45) is 3.45. The molecule has 1 saturated carbocycles. The number of nitro benzene ring substituents is 1. The molecule has 0 atom stereocenters. The van der Waals surface area contributed by atoms with Crippen LogP contribution in [0.25, 0.3) is 10.9 Å². The largest absolute Gasteiger partial charge is 0.466 e. The first kappa shape index (κ1) is 18.6. The molecule has 2 aromatic rings. The number of nitro groups is 1. The van der Waals surface area contributed by atoms with Crippen LogP contribution in [-0.4, -0.2) is 29.0 Å². The molecule has 140 valence electrons. The molecule has 1 aromatic carbocycles. The fourth-order valence-electron chi connectivity index (χ4n) is 3.56. The van der Waals surface area contributed by atoms with E-state index in [2.05, 4.69) is 16.4 Å². The standard InChI is InChI=1S/C19H20N4O4/c1-2-27-18(24)19(7-3-4-8-19)12-21-17-9-13(11-20)15-10-14(23(25)26)5-6-16(15)22-17/h5-6,9-10H,2-4,7-8,12H2,1H3,(H,21,22). The molecule has 1 aromatic heterocycles. The number of anilines is 1. The number of non-ortho nitro benzene ring substituents is 1. The highest BCUT2D eigenvalue weighted by atomic mass is 16.6. The van der Waals surface area contributed by atoms with Gasteiger partial charge in [0.1, 0.15) is 5.82 Å². The molecule has 1 fully saturated rings. The van der Waals surface area contributed by atoms with Gasteiger partial charge in [-0.1, -0.05) is 12.8 Å². The zero-order chi connectivity index (χ0) is 19.4. The number of hydrogen-bond donors (Lipinski definition) is 1. The van der Waals surface area contributed by atoms with Crippen molar-refractivity contribution in [2.75, 3.05) is 18.5 Å². The van der Waals surface area contributed by atoms with E-state index in [0.717, 1.165) is 25.7 Å². The van der Waals surface area contributed by atoms with Crippen LogP contribution in [0.2, 0.25) is 0 Å². The molecule has 1 aliphatic carbocycles. The molecule has 0 amide bonds. The second-order valence-corrected chi connectivity index (χ2v) is 6.69. The van der Waals surface area contributed by atoms with Gasteiger partial charge in [0.05, 0.1) is 34.1 Å². The highest BCUT2D eigenvalue weighted by Crippen LogP contribution is 2.39. The molecule has 0 spiro atoms. The van der Waals surface area contributed by atoms with Crippen LogP contribution in [0.1, 0.15) is 38.2 Å². The minimum atomic E-state index is -0.574. The van der Waals surface area contributed by atoms with E-state index >= 15 is 0 Å². The van der Waals surface area contributed by atoms with E-state index in [4.69, 9.17) is 4.74 Å². The molecule has 3 rings (SSSR count). The van der Waals surface area contributed by atoms with Crippen LogP contribution in [0.15, 0.2) is 24.3 Å². The maximum Gasteiger partial charge on any atom is 0.313 e. The summed E-state index contributed by atoms with van der Waals surface area (Å²) in [5.41, 5.74) is 0.116. The Kier molecular flexibility index (Phi) is 5.21. The summed E-state index contributed by atoms with van der Waals surface area (Å²) in [6, 6.07) is 7.85. The Morgan fingerprint density at radius 1 is 1.41 bits per heavy atom. The number of esters is 1. The summed E-state index contributed by atoms with van der Waals surface area (Å²) < 4.78 is 5.25. The normalized spacial score (nSPS) is 15.3. The van der Waals surface area contributed by atoms with E-state index in [1.165, 1.54) is 18.2 Å². The van der Waals surface area contributed by atoms with E-state index in [9.17, 15) is 20.2 Å². The minimum absolute atomic E-state index is 0.0891. The van der Waals surface area contributed by atoms with Crippen LogP contribution in [0.3, 0.4) is 0 Å². The fourth-order valence-corrected chi connectivity index (χ4v) is 3.56. The lowest BCUT2D eigenvalue weighted by molar-refractivity contribution is -0.384. The number of benzene rings is 1. The SMILES string of the molecule is CCOC(=O)C1(CNc2cc(C#N)c3cc([N+](=O)[O-])ccc3n2)CCCC1. The molecule has 0 aliphatic heterocycles. The summed E-state index contributed by atoms with van der Waals surface area (Å²) in [6.45, 7) is 2.51. The lowest BCUT2D eigenvalue weighted by Gasteiger charge is -2.27. The van der Waals surface area contributed by atoms with Gasteiger partial charge in [-0.25, -0.2) is 4.98 Å². The summed E-state index contributed by atoms with van der Waals surface area (Å²) >= 11 is 0. The predicted octanol–water partition coefficient (Wildman–Crippen LogP) is 3.55. The molecule has 8 nitrogen and oxygen atoms in total. The first-order valence-corrected chi connectivity index (χ1v) is 8.89. The molecule has 1 aliphatic rings. The Bertz CT molecular complexity index is 929. The van der Waals surface area contributed by atoms with Gasteiger partial charge in [-0.05, 0) is 31.9 Å². The molecular formula is C19H20N4O4. The third kappa shape index (κ3) is 3.67.